The van der Waals surface area contributed by atoms with Crippen LogP contribution in [-0.4, -0.2) is 75.8 Å². The van der Waals surface area contributed by atoms with Gasteiger partial charge in [-0.3, -0.25) is 4.79 Å². The number of carbonyl (C=O) groups is 2. The van der Waals surface area contributed by atoms with E-state index in [1.165, 1.54) is 0 Å². The van der Waals surface area contributed by atoms with Crippen molar-refractivity contribution in [3.05, 3.63) is 58.7 Å². The van der Waals surface area contributed by atoms with E-state index < -0.39 is 48.4 Å². The molecule has 1 fully saturated rings. The van der Waals surface area contributed by atoms with E-state index in [1.807, 2.05) is 58.9 Å². The molecule has 0 aromatic carbocycles. The summed E-state index contributed by atoms with van der Waals surface area (Å²) >= 11 is 0. The summed E-state index contributed by atoms with van der Waals surface area (Å²) in [4.78, 5) is 24.6. The molecule has 0 aliphatic carbocycles. The molecule has 2 aliphatic rings. The van der Waals surface area contributed by atoms with Gasteiger partial charge in [-0.1, -0.05) is 62.8 Å². The molecule has 8 atom stereocenters. The average molecular weight is 619 g/mol. The highest BCUT2D eigenvalue weighted by Crippen LogP contribution is 2.35. The Hall–Kier alpha value is -2.56. The van der Waals surface area contributed by atoms with Crippen LogP contribution < -0.4 is 0 Å². The van der Waals surface area contributed by atoms with Gasteiger partial charge in [0.15, 0.2) is 12.4 Å². The molecule has 8 unspecified atom stereocenters. The van der Waals surface area contributed by atoms with Gasteiger partial charge in [-0.05, 0) is 72.0 Å². The number of esters is 2. The van der Waals surface area contributed by atoms with E-state index in [0.717, 1.165) is 16.7 Å². The van der Waals surface area contributed by atoms with Crippen LogP contribution in [0.2, 0.25) is 0 Å². The molecule has 2 aliphatic heterocycles. The lowest BCUT2D eigenvalue weighted by atomic mass is 9.88. The standard InChI is InChI=1S/C35H54O9/c1-10-25-20-23(6)27(36)16-14-13-15-22(5)33(40)41-26(11-2)18-17-21(4)19-24(7)31(25)43-34-30(39)29(38)32(35(8,9)44-34)42-28(37)12-3/h13-15,17,19-20,25-27,29-32,34,36,38-39H,10-12,16,18H2,1-9H3. The van der Waals surface area contributed by atoms with Gasteiger partial charge in [0.05, 0.1) is 12.2 Å². The Morgan fingerprint density at radius 3 is 2.30 bits per heavy atom. The Kier molecular flexibility index (Phi) is 14.7. The van der Waals surface area contributed by atoms with E-state index in [-0.39, 0.29) is 24.4 Å². The Morgan fingerprint density at radius 2 is 1.68 bits per heavy atom. The predicted octanol–water partition coefficient (Wildman–Crippen LogP) is 5.39. The summed E-state index contributed by atoms with van der Waals surface area (Å²) in [6.07, 6.45) is 6.69. The molecule has 1 saturated heterocycles. The van der Waals surface area contributed by atoms with Crippen LogP contribution in [0.5, 0.6) is 0 Å². The quantitative estimate of drug-likeness (QED) is 0.265. The number of aliphatic hydroxyl groups excluding tert-OH is 3. The number of hydrogen-bond donors (Lipinski definition) is 3. The molecule has 0 aromatic rings. The molecular weight excluding hydrogens is 564 g/mol. The predicted molar refractivity (Wildman–Crippen MR) is 169 cm³/mol. The van der Waals surface area contributed by atoms with E-state index in [4.69, 9.17) is 18.9 Å². The maximum Gasteiger partial charge on any atom is 0.333 e. The maximum absolute atomic E-state index is 12.6. The topological polar surface area (TPSA) is 132 Å². The van der Waals surface area contributed by atoms with Crippen molar-refractivity contribution in [2.75, 3.05) is 0 Å². The lowest BCUT2D eigenvalue weighted by Crippen LogP contribution is -2.64. The van der Waals surface area contributed by atoms with E-state index >= 15 is 0 Å². The van der Waals surface area contributed by atoms with E-state index in [1.54, 1.807) is 39.8 Å². The highest BCUT2D eigenvalue weighted by atomic mass is 16.7. The molecule has 9 heteroatoms. The Bertz CT molecular complexity index is 1130. The number of aliphatic hydroxyl groups is 3. The van der Waals surface area contributed by atoms with Crippen LogP contribution in [0, 0.1) is 5.92 Å². The van der Waals surface area contributed by atoms with Gasteiger partial charge in [0.25, 0.3) is 0 Å². The van der Waals surface area contributed by atoms with E-state index in [2.05, 4.69) is 0 Å². The van der Waals surface area contributed by atoms with Gasteiger partial charge in [-0.25, -0.2) is 4.79 Å². The molecule has 0 aromatic heterocycles. The molecule has 44 heavy (non-hydrogen) atoms. The molecule has 2 heterocycles. The molecule has 248 valence electrons. The third-order valence-electron chi connectivity index (χ3n) is 8.23. The van der Waals surface area contributed by atoms with Crippen LogP contribution in [0.1, 0.15) is 94.4 Å². The first-order chi connectivity index (χ1) is 20.6. The molecule has 0 saturated carbocycles. The SMILES string of the molecule is CCC(=O)OC1C(O)C(O)C(OC2C(C)=CC(C)=CCC(CC)OC(=O)C(C)=CC=CCC(O)C(C)=CC2CC)OC1(C)C. The number of ether oxygens (including phenoxy) is 4. The number of allylic oxidation sites excluding steroid dienone is 4. The van der Waals surface area contributed by atoms with Crippen LogP contribution in [0.4, 0.5) is 0 Å². The summed E-state index contributed by atoms with van der Waals surface area (Å²) in [5.41, 5.74) is 1.87. The summed E-state index contributed by atoms with van der Waals surface area (Å²) in [5, 5.41) is 33.0. The highest BCUT2D eigenvalue weighted by Gasteiger charge is 2.52. The lowest BCUT2D eigenvalue weighted by Gasteiger charge is -2.47. The first-order valence-corrected chi connectivity index (χ1v) is 15.8. The first kappa shape index (κ1) is 37.6. The third-order valence-corrected chi connectivity index (χ3v) is 8.23. The van der Waals surface area contributed by atoms with Crippen molar-refractivity contribution >= 4 is 11.9 Å². The van der Waals surface area contributed by atoms with Crippen molar-refractivity contribution in [2.24, 2.45) is 5.92 Å². The zero-order valence-electron chi connectivity index (χ0n) is 27.9. The van der Waals surface area contributed by atoms with Crippen molar-refractivity contribution in [2.45, 2.75) is 143 Å². The minimum absolute atomic E-state index is 0.123. The average Bonchev–Trinajstić information content (AvgIpc) is 2.98. The summed E-state index contributed by atoms with van der Waals surface area (Å²) in [6.45, 7) is 16.5. The van der Waals surface area contributed by atoms with Crippen LogP contribution in [-0.2, 0) is 28.5 Å². The van der Waals surface area contributed by atoms with Gasteiger partial charge < -0.3 is 34.3 Å². The monoisotopic (exact) mass is 618 g/mol. The largest absolute Gasteiger partial charge is 0.459 e. The molecule has 0 bridgehead atoms. The Morgan fingerprint density at radius 1 is 1.00 bits per heavy atom. The number of cyclic esters (lactones) is 1. The zero-order valence-corrected chi connectivity index (χ0v) is 27.9. The van der Waals surface area contributed by atoms with Crippen molar-refractivity contribution < 1.29 is 43.9 Å². The summed E-state index contributed by atoms with van der Waals surface area (Å²) < 4.78 is 23.8. The van der Waals surface area contributed by atoms with Gasteiger partial charge in [0.1, 0.15) is 23.9 Å². The van der Waals surface area contributed by atoms with Gasteiger partial charge in [0.2, 0.25) is 0 Å². The fourth-order valence-corrected chi connectivity index (χ4v) is 5.32. The fraction of sp³-hybridized carbons (Fsp3) is 0.657. The molecule has 0 spiro atoms. The molecule has 2 rings (SSSR count). The second-order valence-corrected chi connectivity index (χ2v) is 12.4. The molecule has 3 N–H and O–H groups in total. The van der Waals surface area contributed by atoms with Crippen molar-refractivity contribution in [3.8, 4) is 0 Å². The molecule has 0 radical (unpaired) electrons. The summed E-state index contributed by atoms with van der Waals surface area (Å²) in [6, 6.07) is 0. The van der Waals surface area contributed by atoms with E-state index in [9.17, 15) is 24.9 Å². The number of rotatable bonds is 6. The molecule has 0 amide bonds. The molecule has 9 nitrogen and oxygen atoms in total. The van der Waals surface area contributed by atoms with Crippen LogP contribution in [0.25, 0.3) is 0 Å². The lowest BCUT2D eigenvalue weighted by molar-refractivity contribution is -0.333. The van der Waals surface area contributed by atoms with Crippen LogP contribution in [0.15, 0.2) is 58.7 Å². The maximum atomic E-state index is 12.6. The minimum Gasteiger partial charge on any atom is -0.459 e. The van der Waals surface area contributed by atoms with Crippen LogP contribution in [0.3, 0.4) is 0 Å². The van der Waals surface area contributed by atoms with Crippen LogP contribution >= 0.6 is 0 Å². The smallest absolute Gasteiger partial charge is 0.333 e. The van der Waals surface area contributed by atoms with Crippen molar-refractivity contribution in [1.29, 1.82) is 0 Å². The van der Waals surface area contributed by atoms with Gasteiger partial charge in [-0.15, -0.1) is 0 Å². The van der Waals surface area contributed by atoms with Crippen molar-refractivity contribution in [1.82, 2.24) is 0 Å². The van der Waals surface area contributed by atoms with Gasteiger partial charge in [0, 0.05) is 24.3 Å². The van der Waals surface area contributed by atoms with E-state index in [0.29, 0.717) is 31.3 Å². The Labute approximate surface area is 263 Å². The minimum atomic E-state index is -1.48. The third kappa shape index (κ3) is 10.5. The summed E-state index contributed by atoms with van der Waals surface area (Å²) in [7, 11) is 0. The second kappa shape index (κ2) is 17.2. The summed E-state index contributed by atoms with van der Waals surface area (Å²) in [5.74, 6) is -1.10. The van der Waals surface area contributed by atoms with Gasteiger partial charge in [-0.2, -0.15) is 0 Å². The normalized spacial score (nSPS) is 32.7. The zero-order chi connectivity index (χ0) is 33.2. The number of carbonyl (C=O) groups excluding carboxylic acids is 2. The Balaban J connectivity index is 2.52. The molecular formula is C35H54O9. The first-order valence-electron chi connectivity index (χ1n) is 15.8. The fourth-order valence-electron chi connectivity index (χ4n) is 5.32. The highest BCUT2D eigenvalue weighted by molar-refractivity contribution is 5.88. The van der Waals surface area contributed by atoms with Gasteiger partial charge >= 0.3 is 11.9 Å². The second-order valence-electron chi connectivity index (χ2n) is 12.4. The number of hydrogen-bond acceptors (Lipinski definition) is 9. The van der Waals surface area contributed by atoms with Crippen molar-refractivity contribution in [3.63, 3.8) is 0 Å².